The van der Waals surface area contributed by atoms with Crippen LogP contribution in [0.2, 0.25) is 0 Å². The maximum Gasteiger partial charge on any atom is 0.348 e. The fourth-order valence-electron chi connectivity index (χ4n) is 2.52. The van der Waals surface area contributed by atoms with E-state index in [1.165, 1.54) is 30.6 Å². The highest BCUT2D eigenvalue weighted by Gasteiger charge is 2.23. The van der Waals surface area contributed by atoms with Crippen molar-refractivity contribution in [3.05, 3.63) is 21.9 Å². The van der Waals surface area contributed by atoms with Gasteiger partial charge in [0.2, 0.25) is 0 Å². The highest BCUT2D eigenvalue weighted by molar-refractivity contribution is 7.13. The Hall–Kier alpha value is -1.36. The summed E-state index contributed by atoms with van der Waals surface area (Å²) < 4.78 is 5.10. The Balaban J connectivity index is 1.80. The van der Waals surface area contributed by atoms with E-state index in [0.717, 1.165) is 17.7 Å². The van der Waals surface area contributed by atoms with Gasteiger partial charge in [-0.3, -0.25) is 4.79 Å². The Morgan fingerprint density at radius 2 is 2.00 bits per heavy atom. The van der Waals surface area contributed by atoms with E-state index < -0.39 is 5.97 Å². The number of carbonyl (C=O) groups is 2. The van der Waals surface area contributed by atoms with Crippen LogP contribution < -0.4 is 0 Å². The van der Waals surface area contributed by atoms with Crippen molar-refractivity contribution in [1.82, 2.24) is 4.90 Å². The van der Waals surface area contributed by atoms with E-state index in [4.69, 9.17) is 4.74 Å². The van der Waals surface area contributed by atoms with Crippen LogP contribution in [0.1, 0.15) is 46.7 Å². The molecular formula is C15H21NO3S. The van der Waals surface area contributed by atoms with Gasteiger partial charge in [-0.25, -0.2) is 4.79 Å². The summed E-state index contributed by atoms with van der Waals surface area (Å²) in [5.41, 5.74) is 0. The summed E-state index contributed by atoms with van der Waals surface area (Å²) in [7, 11) is 1.81. The van der Waals surface area contributed by atoms with Gasteiger partial charge in [-0.15, -0.1) is 11.3 Å². The first-order valence-corrected chi connectivity index (χ1v) is 7.89. The molecule has 0 radical (unpaired) electrons. The monoisotopic (exact) mass is 295 g/mol. The molecule has 1 saturated carbocycles. The van der Waals surface area contributed by atoms with E-state index in [9.17, 15) is 9.59 Å². The summed E-state index contributed by atoms with van der Waals surface area (Å²) >= 11 is 1.38. The lowest BCUT2D eigenvalue weighted by Gasteiger charge is -2.31. The zero-order valence-corrected chi connectivity index (χ0v) is 12.9. The molecule has 0 spiro atoms. The molecule has 1 amide bonds. The predicted octanol–water partition coefficient (Wildman–Crippen LogP) is 3.00. The zero-order chi connectivity index (χ0) is 14.5. The molecule has 5 heteroatoms. The number of hydrogen-bond acceptors (Lipinski definition) is 4. The van der Waals surface area contributed by atoms with E-state index in [2.05, 4.69) is 0 Å². The first-order valence-electron chi connectivity index (χ1n) is 7.07. The van der Waals surface area contributed by atoms with Crippen molar-refractivity contribution >= 4 is 23.2 Å². The van der Waals surface area contributed by atoms with E-state index in [1.54, 1.807) is 18.0 Å². The van der Waals surface area contributed by atoms with Crippen molar-refractivity contribution in [2.24, 2.45) is 0 Å². The first kappa shape index (κ1) is 15.0. The Bertz CT molecular complexity index is 477. The van der Waals surface area contributed by atoms with Crippen LogP contribution >= 0.6 is 11.3 Å². The summed E-state index contributed by atoms with van der Waals surface area (Å²) in [6.45, 7) is 1.77. The van der Waals surface area contributed by atoms with Crippen molar-refractivity contribution in [3.8, 4) is 0 Å². The summed E-state index contributed by atoms with van der Waals surface area (Å²) in [6, 6.07) is 3.91. The summed E-state index contributed by atoms with van der Waals surface area (Å²) in [5, 5.41) is 0. The van der Waals surface area contributed by atoms with Gasteiger partial charge in [-0.05, 0) is 31.9 Å². The third-order valence-corrected chi connectivity index (χ3v) is 4.76. The molecule has 0 saturated heterocycles. The fraction of sp³-hybridized carbons (Fsp3) is 0.600. The minimum absolute atomic E-state index is 0.112. The number of carbonyl (C=O) groups excluding carboxylic acids is 2. The average Bonchev–Trinajstić information content (AvgIpc) is 2.91. The molecular weight excluding hydrogens is 274 g/mol. The van der Waals surface area contributed by atoms with Crippen LogP contribution in [0.25, 0.3) is 0 Å². The van der Waals surface area contributed by atoms with Crippen molar-refractivity contribution in [3.63, 3.8) is 0 Å². The van der Waals surface area contributed by atoms with Gasteiger partial charge in [-0.1, -0.05) is 19.3 Å². The van der Waals surface area contributed by atoms with Gasteiger partial charge in [-0.2, -0.15) is 0 Å². The Kier molecular flexibility index (Phi) is 5.17. The number of aryl methyl sites for hydroxylation is 1. The minimum atomic E-state index is -0.409. The largest absolute Gasteiger partial charge is 0.451 e. The number of hydrogen-bond donors (Lipinski definition) is 0. The SMILES string of the molecule is Cc1ccc(C(=O)OCC(=O)N(C)C2CCCCC2)s1. The molecule has 1 aliphatic carbocycles. The minimum Gasteiger partial charge on any atom is -0.451 e. The van der Waals surface area contributed by atoms with Crippen LogP contribution in [0.15, 0.2) is 12.1 Å². The molecule has 1 aliphatic rings. The number of thiophene rings is 1. The van der Waals surface area contributed by atoms with Gasteiger partial charge in [0, 0.05) is 18.0 Å². The maximum atomic E-state index is 12.0. The second kappa shape index (κ2) is 6.88. The van der Waals surface area contributed by atoms with E-state index >= 15 is 0 Å². The van der Waals surface area contributed by atoms with Crippen LogP contribution in [0.5, 0.6) is 0 Å². The standard InChI is InChI=1S/C15H21NO3S/c1-11-8-9-13(20-11)15(18)19-10-14(17)16(2)12-6-4-3-5-7-12/h8-9,12H,3-7,10H2,1-2H3. The Labute approximate surface area is 123 Å². The number of nitrogens with zero attached hydrogens (tertiary/aromatic N) is 1. The fourth-order valence-corrected chi connectivity index (χ4v) is 3.28. The van der Waals surface area contributed by atoms with Crippen LogP contribution in [0.4, 0.5) is 0 Å². The van der Waals surface area contributed by atoms with Gasteiger partial charge in [0.1, 0.15) is 4.88 Å². The van der Waals surface area contributed by atoms with Gasteiger partial charge in [0.15, 0.2) is 6.61 Å². The van der Waals surface area contributed by atoms with Crippen molar-refractivity contribution < 1.29 is 14.3 Å². The molecule has 20 heavy (non-hydrogen) atoms. The number of esters is 1. The highest BCUT2D eigenvalue weighted by Crippen LogP contribution is 2.22. The number of rotatable bonds is 4. The van der Waals surface area contributed by atoms with Gasteiger partial charge >= 0.3 is 5.97 Å². The molecule has 0 aliphatic heterocycles. The molecule has 1 aromatic heterocycles. The number of ether oxygens (including phenoxy) is 1. The first-order chi connectivity index (χ1) is 9.58. The quantitative estimate of drug-likeness (QED) is 0.802. The third-order valence-electron chi connectivity index (χ3n) is 3.78. The van der Waals surface area contributed by atoms with Crippen LogP contribution in [0, 0.1) is 6.92 Å². The third kappa shape index (κ3) is 3.82. The van der Waals surface area contributed by atoms with Crippen molar-refractivity contribution in [2.75, 3.05) is 13.7 Å². The molecule has 1 fully saturated rings. The molecule has 0 bridgehead atoms. The second-order valence-electron chi connectivity index (χ2n) is 5.28. The molecule has 1 aromatic rings. The summed E-state index contributed by atoms with van der Waals surface area (Å²) in [4.78, 5) is 27.2. The molecule has 2 rings (SSSR count). The predicted molar refractivity (Wildman–Crippen MR) is 79.0 cm³/mol. The lowest BCUT2D eigenvalue weighted by Crippen LogP contribution is -2.40. The molecule has 1 heterocycles. The smallest absolute Gasteiger partial charge is 0.348 e. The lowest BCUT2D eigenvalue weighted by atomic mass is 9.94. The topological polar surface area (TPSA) is 46.6 Å². The summed E-state index contributed by atoms with van der Waals surface area (Å²) in [6.07, 6.45) is 5.72. The van der Waals surface area contributed by atoms with Crippen molar-refractivity contribution in [2.45, 2.75) is 45.1 Å². The van der Waals surface area contributed by atoms with Crippen LogP contribution in [0.3, 0.4) is 0 Å². The van der Waals surface area contributed by atoms with Gasteiger partial charge in [0.05, 0.1) is 0 Å². The molecule has 0 unspecified atom stereocenters. The van der Waals surface area contributed by atoms with Crippen LogP contribution in [-0.2, 0) is 9.53 Å². The highest BCUT2D eigenvalue weighted by atomic mass is 32.1. The molecule has 0 aromatic carbocycles. The average molecular weight is 295 g/mol. The molecule has 0 atom stereocenters. The summed E-state index contributed by atoms with van der Waals surface area (Å²) in [5.74, 6) is -0.521. The maximum absolute atomic E-state index is 12.0. The molecule has 4 nitrogen and oxygen atoms in total. The van der Waals surface area contributed by atoms with E-state index in [-0.39, 0.29) is 12.5 Å². The van der Waals surface area contributed by atoms with Crippen LogP contribution in [-0.4, -0.2) is 36.5 Å². The normalized spacial score (nSPS) is 15.9. The zero-order valence-electron chi connectivity index (χ0n) is 12.1. The van der Waals surface area contributed by atoms with Gasteiger partial charge in [0.25, 0.3) is 5.91 Å². The molecule has 0 N–H and O–H groups in total. The Morgan fingerprint density at radius 3 is 2.60 bits per heavy atom. The van der Waals surface area contributed by atoms with E-state index in [0.29, 0.717) is 10.9 Å². The Morgan fingerprint density at radius 1 is 1.30 bits per heavy atom. The second-order valence-corrected chi connectivity index (χ2v) is 6.57. The number of likely N-dealkylation sites (N-methyl/N-ethyl adjacent to an activating group) is 1. The molecule has 110 valence electrons. The van der Waals surface area contributed by atoms with Crippen molar-refractivity contribution in [1.29, 1.82) is 0 Å². The lowest BCUT2D eigenvalue weighted by molar-refractivity contribution is -0.135. The van der Waals surface area contributed by atoms with Gasteiger partial charge < -0.3 is 9.64 Å². The van der Waals surface area contributed by atoms with E-state index in [1.807, 2.05) is 13.0 Å². The number of amides is 1.